The summed E-state index contributed by atoms with van der Waals surface area (Å²) in [5, 5.41) is 9.17. The van der Waals surface area contributed by atoms with Gasteiger partial charge in [0.05, 0.1) is 5.56 Å². The van der Waals surface area contributed by atoms with Crippen molar-refractivity contribution in [2.75, 3.05) is 50.8 Å². The van der Waals surface area contributed by atoms with E-state index in [-0.39, 0.29) is 6.61 Å². The van der Waals surface area contributed by atoms with Gasteiger partial charge < -0.3 is 14.5 Å². The molecule has 0 bridgehead atoms. The van der Waals surface area contributed by atoms with Crippen LogP contribution in [0.4, 0.5) is 19.0 Å². The first kappa shape index (κ1) is 18.5. The molecule has 0 N–H and O–H groups in total. The smallest absolute Gasteiger partial charge is 0.372 e. The van der Waals surface area contributed by atoms with Crippen molar-refractivity contribution in [2.24, 2.45) is 0 Å². The van der Waals surface area contributed by atoms with Crippen LogP contribution in [-0.2, 0) is 4.74 Å². The molecule has 1 fully saturated rings. The SMILES string of the molecule is N#Cc1cccnc1N1CCCN(CCCOCC(F)(F)F)CC1. The van der Waals surface area contributed by atoms with Gasteiger partial charge in [-0.25, -0.2) is 4.98 Å². The van der Waals surface area contributed by atoms with Gasteiger partial charge in [0, 0.05) is 39.0 Å². The van der Waals surface area contributed by atoms with E-state index in [1.54, 1.807) is 18.3 Å². The Hall–Kier alpha value is -1.85. The Morgan fingerprint density at radius 2 is 2.08 bits per heavy atom. The summed E-state index contributed by atoms with van der Waals surface area (Å²) < 4.78 is 40.6. The maximum Gasteiger partial charge on any atom is 0.411 e. The third kappa shape index (κ3) is 5.98. The normalized spacial score (nSPS) is 16.7. The number of hydrogen-bond donors (Lipinski definition) is 0. The van der Waals surface area contributed by atoms with Crippen molar-refractivity contribution < 1.29 is 17.9 Å². The van der Waals surface area contributed by atoms with E-state index in [0.717, 1.165) is 32.6 Å². The Bertz CT molecular complexity index is 559. The van der Waals surface area contributed by atoms with Crippen molar-refractivity contribution in [1.82, 2.24) is 9.88 Å². The van der Waals surface area contributed by atoms with Crippen LogP contribution in [0.25, 0.3) is 0 Å². The van der Waals surface area contributed by atoms with Crippen LogP contribution in [0, 0.1) is 11.3 Å². The van der Waals surface area contributed by atoms with E-state index < -0.39 is 12.8 Å². The molecule has 1 aromatic heterocycles. The summed E-state index contributed by atoms with van der Waals surface area (Å²) in [5.41, 5.74) is 0.562. The molecule has 2 rings (SSSR count). The van der Waals surface area contributed by atoms with Crippen molar-refractivity contribution in [3.8, 4) is 6.07 Å². The molecule has 0 aliphatic carbocycles. The number of anilines is 1. The molecule has 8 heteroatoms. The summed E-state index contributed by atoms with van der Waals surface area (Å²) in [6, 6.07) is 5.65. The summed E-state index contributed by atoms with van der Waals surface area (Å²) in [7, 11) is 0. The van der Waals surface area contributed by atoms with E-state index in [4.69, 9.17) is 0 Å². The molecular formula is C16H21F3N4O. The minimum absolute atomic E-state index is 0.110. The van der Waals surface area contributed by atoms with Crippen LogP contribution in [0.3, 0.4) is 0 Å². The van der Waals surface area contributed by atoms with Crippen molar-refractivity contribution >= 4 is 5.82 Å². The summed E-state index contributed by atoms with van der Waals surface area (Å²) in [5.74, 6) is 0.704. The Morgan fingerprint density at radius 3 is 2.83 bits per heavy atom. The van der Waals surface area contributed by atoms with E-state index in [2.05, 4.69) is 25.6 Å². The van der Waals surface area contributed by atoms with Crippen LogP contribution < -0.4 is 4.90 Å². The van der Waals surface area contributed by atoms with Crippen LogP contribution in [0.2, 0.25) is 0 Å². The second kappa shape index (κ2) is 8.85. The molecule has 132 valence electrons. The molecule has 1 saturated heterocycles. The maximum absolute atomic E-state index is 12.0. The Morgan fingerprint density at radius 1 is 1.25 bits per heavy atom. The molecule has 1 aromatic rings. The van der Waals surface area contributed by atoms with Gasteiger partial charge in [0.15, 0.2) is 0 Å². The number of ether oxygens (including phenoxy) is 1. The second-order valence-corrected chi connectivity index (χ2v) is 5.69. The molecule has 0 amide bonds. The van der Waals surface area contributed by atoms with Crippen LogP contribution in [0.15, 0.2) is 18.3 Å². The first-order valence-corrected chi connectivity index (χ1v) is 7.96. The van der Waals surface area contributed by atoms with Crippen LogP contribution in [0.5, 0.6) is 0 Å². The van der Waals surface area contributed by atoms with Gasteiger partial charge in [0.25, 0.3) is 0 Å². The molecule has 0 unspecified atom stereocenters. The standard InChI is InChI=1S/C16H21F3N4O/c17-16(18,19)13-24-11-3-7-22-6-2-8-23(10-9-22)15-14(12-20)4-1-5-21-15/h1,4-5H,2-3,6-11,13H2. The predicted molar refractivity (Wildman–Crippen MR) is 83.7 cm³/mol. The summed E-state index contributed by atoms with van der Waals surface area (Å²) in [4.78, 5) is 8.62. The molecule has 2 heterocycles. The minimum atomic E-state index is -4.26. The van der Waals surface area contributed by atoms with Gasteiger partial charge in [-0.3, -0.25) is 0 Å². The number of rotatable bonds is 6. The molecule has 0 aromatic carbocycles. The van der Waals surface area contributed by atoms with Gasteiger partial charge in [0.2, 0.25) is 0 Å². The first-order valence-electron chi connectivity index (χ1n) is 7.96. The highest BCUT2D eigenvalue weighted by atomic mass is 19.4. The van der Waals surface area contributed by atoms with Crippen molar-refractivity contribution in [3.63, 3.8) is 0 Å². The van der Waals surface area contributed by atoms with E-state index >= 15 is 0 Å². The Labute approximate surface area is 139 Å². The van der Waals surface area contributed by atoms with Crippen LogP contribution >= 0.6 is 0 Å². The van der Waals surface area contributed by atoms with Gasteiger partial charge in [-0.1, -0.05) is 0 Å². The maximum atomic E-state index is 12.0. The molecule has 0 radical (unpaired) electrons. The molecule has 0 saturated carbocycles. The largest absolute Gasteiger partial charge is 0.411 e. The van der Waals surface area contributed by atoms with Gasteiger partial charge in [0.1, 0.15) is 18.5 Å². The minimum Gasteiger partial charge on any atom is -0.372 e. The first-order chi connectivity index (χ1) is 11.5. The number of nitriles is 1. The Kier molecular flexibility index (Phi) is 6.82. The molecule has 1 aliphatic rings. The lowest BCUT2D eigenvalue weighted by atomic mass is 10.2. The number of aromatic nitrogens is 1. The topological polar surface area (TPSA) is 52.4 Å². The van der Waals surface area contributed by atoms with E-state index in [0.29, 0.717) is 24.3 Å². The number of hydrogen-bond acceptors (Lipinski definition) is 5. The second-order valence-electron chi connectivity index (χ2n) is 5.69. The lowest BCUT2D eigenvalue weighted by Crippen LogP contribution is -2.32. The zero-order valence-corrected chi connectivity index (χ0v) is 13.4. The molecule has 0 atom stereocenters. The lowest BCUT2D eigenvalue weighted by Gasteiger charge is -2.23. The van der Waals surface area contributed by atoms with Crippen molar-refractivity contribution in [3.05, 3.63) is 23.9 Å². The van der Waals surface area contributed by atoms with Crippen molar-refractivity contribution in [1.29, 1.82) is 5.26 Å². The number of nitrogens with zero attached hydrogens (tertiary/aromatic N) is 4. The fraction of sp³-hybridized carbons (Fsp3) is 0.625. The Balaban J connectivity index is 1.76. The zero-order valence-electron chi connectivity index (χ0n) is 13.4. The van der Waals surface area contributed by atoms with E-state index in [1.807, 2.05) is 0 Å². The third-order valence-electron chi connectivity index (χ3n) is 3.82. The average molecular weight is 342 g/mol. The third-order valence-corrected chi connectivity index (χ3v) is 3.82. The van der Waals surface area contributed by atoms with E-state index in [9.17, 15) is 18.4 Å². The molecular weight excluding hydrogens is 321 g/mol. The fourth-order valence-corrected chi connectivity index (χ4v) is 2.72. The van der Waals surface area contributed by atoms with Gasteiger partial charge in [-0.2, -0.15) is 18.4 Å². The molecule has 1 aliphatic heterocycles. The van der Waals surface area contributed by atoms with E-state index in [1.165, 1.54) is 0 Å². The average Bonchev–Trinajstić information content (AvgIpc) is 2.79. The molecule has 5 nitrogen and oxygen atoms in total. The summed E-state index contributed by atoms with van der Waals surface area (Å²) in [6.07, 6.45) is -1.09. The zero-order chi connectivity index (χ0) is 17.4. The van der Waals surface area contributed by atoms with Gasteiger partial charge >= 0.3 is 6.18 Å². The number of pyridine rings is 1. The highest BCUT2D eigenvalue weighted by molar-refractivity contribution is 5.53. The highest BCUT2D eigenvalue weighted by Gasteiger charge is 2.27. The van der Waals surface area contributed by atoms with Crippen molar-refractivity contribution in [2.45, 2.75) is 19.0 Å². The predicted octanol–water partition coefficient (Wildman–Crippen LogP) is 2.43. The highest BCUT2D eigenvalue weighted by Crippen LogP contribution is 2.18. The van der Waals surface area contributed by atoms with Gasteiger partial charge in [-0.05, 0) is 31.5 Å². The summed E-state index contributed by atoms with van der Waals surface area (Å²) >= 11 is 0. The van der Waals surface area contributed by atoms with Crippen LogP contribution in [-0.4, -0.2) is 62.0 Å². The molecule has 24 heavy (non-hydrogen) atoms. The molecule has 0 spiro atoms. The fourth-order valence-electron chi connectivity index (χ4n) is 2.72. The van der Waals surface area contributed by atoms with Gasteiger partial charge in [-0.15, -0.1) is 0 Å². The van der Waals surface area contributed by atoms with Crippen LogP contribution in [0.1, 0.15) is 18.4 Å². The number of alkyl halides is 3. The summed E-state index contributed by atoms with van der Waals surface area (Å²) in [6.45, 7) is 2.86. The quantitative estimate of drug-likeness (QED) is 0.743. The lowest BCUT2D eigenvalue weighted by molar-refractivity contribution is -0.174. The monoisotopic (exact) mass is 342 g/mol. The number of halogens is 3.